The minimum Gasteiger partial charge on any atom is -0.358 e. The van der Waals surface area contributed by atoms with Crippen LogP contribution < -0.4 is 0 Å². The van der Waals surface area contributed by atoms with Crippen LogP contribution in [-0.2, 0) is 6.18 Å². The van der Waals surface area contributed by atoms with Gasteiger partial charge < -0.3 is 10.1 Å². The van der Waals surface area contributed by atoms with E-state index in [4.69, 9.17) is 0 Å². The van der Waals surface area contributed by atoms with Crippen molar-refractivity contribution in [3.05, 3.63) is 28.2 Å². The number of halogens is 3. The molecule has 0 aliphatic carbocycles. The van der Waals surface area contributed by atoms with Gasteiger partial charge in [-0.3, -0.25) is 0 Å². The number of hydrogen-bond donors (Lipinski definition) is 0. The molecule has 0 saturated heterocycles. The highest BCUT2D eigenvalue weighted by molar-refractivity contribution is 5.27. The second-order valence-corrected chi connectivity index (χ2v) is 1.98. The highest BCUT2D eigenvalue weighted by Crippen LogP contribution is 2.32. The molecule has 0 aliphatic rings. The average molecular weight is 193 g/mol. The van der Waals surface area contributed by atoms with Crippen LogP contribution in [0, 0.1) is 10.1 Å². The van der Waals surface area contributed by atoms with E-state index in [1.54, 1.807) is 0 Å². The summed E-state index contributed by atoms with van der Waals surface area (Å²) in [5, 5.41) is 10.1. The van der Waals surface area contributed by atoms with Crippen molar-refractivity contribution in [3.63, 3.8) is 0 Å². The van der Waals surface area contributed by atoms with Crippen LogP contribution >= 0.6 is 0 Å². The maximum atomic E-state index is 12.0. The molecule has 70 valence electrons. The third-order valence-corrected chi connectivity index (χ3v) is 1.12. The zero-order valence-corrected chi connectivity index (χ0v) is 5.95. The van der Waals surface area contributed by atoms with Crippen LogP contribution in [0.1, 0.15) is 5.69 Å². The lowest BCUT2D eigenvalue weighted by atomic mass is 10.4. The van der Waals surface area contributed by atoms with Crippen molar-refractivity contribution >= 4 is 5.82 Å². The summed E-state index contributed by atoms with van der Waals surface area (Å²) in [6.07, 6.45) is -3.28. The molecule has 1 rings (SSSR count). The number of rotatable bonds is 1. The predicted molar refractivity (Wildman–Crippen MR) is 33.7 cm³/mol. The van der Waals surface area contributed by atoms with Gasteiger partial charge in [-0.2, -0.15) is 13.2 Å². The van der Waals surface area contributed by atoms with Crippen molar-refractivity contribution in [3.8, 4) is 0 Å². The molecule has 0 unspecified atom stereocenters. The van der Waals surface area contributed by atoms with Crippen LogP contribution in [0.25, 0.3) is 0 Å². The van der Waals surface area contributed by atoms with Crippen molar-refractivity contribution < 1.29 is 18.1 Å². The summed E-state index contributed by atoms with van der Waals surface area (Å²) in [4.78, 5) is 14.7. The Bertz CT molecular complexity index is 338. The number of aromatic nitrogens is 2. The topological polar surface area (TPSA) is 68.9 Å². The molecule has 0 spiro atoms. The Kier molecular flexibility index (Phi) is 2.13. The highest BCUT2D eigenvalue weighted by Gasteiger charge is 2.41. The van der Waals surface area contributed by atoms with Gasteiger partial charge in [-0.05, 0) is 9.91 Å². The summed E-state index contributed by atoms with van der Waals surface area (Å²) in [7, 11) is 0. The Balaban J connectivity index is 3.28. The van der Waals surface area contributed by atoms with E-state index in [2.05, 4.69) is 9.97 Å². The number of nitro groups is 1. The third-order valence-electron chi connectivity index (χ3n) is 1.12. The molecule has 0 radical (unpaired) electrons. The first-order chi connectivity index (χ1) is 5.93. The first kappa shape index (κ1) is 9.36. The molecule has 0 amide bonds. The van der Waals surface area contributed by atoms with Gasteiger partial charge in [0.2, 0.25) is 5.69 Å². The van der Waals surface area contributed by atoms with Gasteiger partial charge in [0.25, 0.3) is 0 Å². The first-order valence-corrected chi connectivity index (χ1v) is 2.95. The molecule has 0 N–H and O–H groups in total. The van der Waals surface area contributed by atoms with Crippen LogP contribution in [0.3, 0.4) is 0 Å². The number of alkyl halides is 3. The quantitative estimate of drug-likeness (QED) is 0.499. The lowest BCUT2D eigenvalue weighted by Gasteiger charge is -2.03. The molecule has 5 nitrogen and oxygen atoms in total. The number of hydrogen-bond acceptors (Lipinski definition) is 4. The number of nitrogens with zero attached hydrogens (tertiary/aromatic N) is 3. The third kappa shape index (κ3) is 1.89. The van der Waals surface area contributed by atoms with E-state index >= 15 is 0 Å². The van der Waals surface area contributed by atoms with E-state index in [1.807, 2.05) is 0 Å². The molecule has 1 heterocycles. The molecule has 13 heavy (non-hydrogen) atoms. The fourth-order valence-electron chi connectivity index (χ4n) is 0.664. The molecular formula is C5H2F3N3O2. The van der Waals surface area contributed by atoms with Crippen LogP contribution in [-0.4, -0.2) is 14.9 Å². The molecule has 0 atom stereocenters. The lowest BCUT2D eigenvalue weighted by molar-refractivity contribution is -0.393. The second-order valence-electron chi connectivity index (χ2n) is 1.98. The predicted octanol–water partition coefficient (Wildman–Crippen LogP) is 1.40. The first-order valence-electron chi connectivity index (χ1n) is 2.95. The van der Waals surface area contributed by atoms with E-state index in [1.165, 1.54) is 0 Å². The monoisotopic (exact) mass is 193 g/mol. The van der Waals surface area contributed by atoms with Crippen molar-refractivity contribution in [1.82, 2.24) is 9.97 Å². The minimum atomic E-state index is -4.85. The summed E-state index contributed by atoms with van der Waals surface area (Å²) in [6.45, 7) is 0. The maximum absolute atomic E-state index is 12.0. The SMILES string of the molecule is O=[N+]([O-])c1nccnc1C(F)(F)F. The fourth-order valence-corrected chi connectivity index (χ4v) is 0.664. The lowest BCUT2D eigenvalue weighted by Crippen LogP contribution is -2.12. The van der Waals surface area contributed by atoms with Gasteiger partial charge in [0.15, 0.2) is 6.20 Å². The van der Waals surface area contributed by atoms with Gasteiger partial charge in [0, 0.05) is 0 Å². The summed E-state index contributed by atoms with van der Waals surface area (Å²) in [6, 6.07) is 0. The molecular weight excluding hydrogens is 191 g/mol. The van der Waals surface area contributed by atoms with Crippen LogP contribution in [0.2, 0.25) is 0 Å². The standard InChI is InChI=1S/C5H2F3N3O2/c6-5(7,8)3-4(11(12)13)10-2-1-9-3/h1-2H. The summed E-state index contributed by atoms with van der Waals surface area (Å²) >= 11 is 0. The Morgan fingerprint density at radius 1 is 1.31 bits per heavy atom. The molecule has 0 aromatic carbocycles. The van der Waals surface area contributed by atoms with Gasteiger partial charge in [-0.1, -0.05) is 0 Å². The van der Waals surface area contributed by atoms with E-state index in [0.717, 1.165) is 12.4 Å². The molecule has 0 fully saturated rings. The molecule has 1 aromatic rings. The van der Waals surface area contributed by atoms with E-state index in [0.29, 0.717) is 0 Å². The van der Waals surface area contributed by atoms with Crippen molar-refractivity contribution in [2.24, 2.45) is 0 Å². The molecule has 0 saturated carbocycles. The van der Waals surface area contributed by atoms with Gasteiger partial charge in [0.05, 0.1) is 6.20 Å². The smallest absolute Gasteiger partial charge is 0.358 e. The van der Waals surface area contributed by atoms with Crippen LogP contribution in [0.15, 0.2) is 12.4 Å². The van der Waals surface area contributed by atoms with Crippen LogP contribution in [0.5, 0.6) is 0 Å². The Labute approximate surface area is 69.4 Å². The fraction of sp³-hybridized carbons (Fsp3) is 0.200. The Hall–Kier alpha value is -1.73. The van der Waals surface area contributed by atoms with E-state index < -0.39 is 22.6 Å². The van der Waals surface area contributed by atoms with E-state index in [9.17, 15) is 23.3 Å². The largest absolute Gasteiger partial charge is 0.441 e. The maximum Gasteiger partial charge on any atom is 0.441 e. The van der Waals surface area contributed by atoms with Crippen molar-refractivity contribution in [1.29, 1.82) is 0 Å². The van der Waals surface area contributed by atoms with Gasteiger partial charge in [-0.15, -0.1) is 0 Å². The van der Waals surface area contributed by atoms with Gasteiger partial charge in [-0.25, -0.2) is 4.98 Å². The zero-order chi connectivity index (χ0) is 10.1. The molecule has 8 heteroatoms. The molecule has 0 aliphatic heterocycles. The van der Waals surface area contributed by atoms with Crippen molar-refractivity contribution in [2.45, 2.75) is 6.18 Å². The summed E-state index contributed by atoms with van der Waals surface area (Å²) < 4.78 is 36.0. The van der Waals surface area contributed by atoms with Crippen LogP contribution in [0.4, 0.5) is 19.0 Å². The minimum absolute atomic E-state index is 0.746. The zero-order valence-electron chi connectivity index (χ0n) is 5.95. The average Bonchev–Trinajstić information content (AvgIpc) is 2.03. The van der Waals surface area contributed by atoms with Gasteiger partial charge >= 0.3 is 12.0 Å². The summed E-state index contributed by atoms with van der Waals surface area (Å²) in [5.74, 6) is -1.28. The van der Waals surface area contributed by atoms with Gasteiger partial charge in [0.1, 0.15) is 0 Å². The normalized spacial score (nSPS) is 11.3. The summed E-state index contributed by atoms with van der Waals surface area (Å²) in [5.41, 5.74) is -1.58. The Morgan fingerprint density at radius 3 is 2.23 bits per heavy atom. The van der Waals surface area contributed by atoms with Crippen molar-refractivity contribution in [2.75, 3.05) is 0 Å². The molecule has 1 aromatic heterocycles. The molecule has 0 bridgehead atoms. The second kappa shape index (κ2) is 2.96. The highest BCUT2D eigenvalue weighted by atomic mass is 19.4. The Morgan fingerprint density at radius 2 is 1.85 bits per heavy atom. The van der Waals surface area contributed by atoms with E-state index in [-0.39, 0.29) is 0 Å².